The molecule has 28 heavy (non-hydrogen) atoms. The first-order chi connectivity index (χ1) is 13.5. The van der Waals surface area contributed by atoms with Gasteiger partial charge < -0.3 is 19.7 Å². The Morgan fingerprint density at radius 1 is 1.11 bits per heavy atom. The number of rotatable bonds is 8. The highest BCUT2D eigenvalue weighted by atomic mass is 16.5. The fourth-order valence-electron chi connectivity index (χ4n) is 5.96. The molecule has 3 rings (SSSR count). The summed E-state index contributed by atoms with van der Waals surface area (Å²) in [7, 11) is 0. The van der Waals surface area contributed by atoms with Gasteiger partial charge in [-0.15, -0.1) is 0 Å². The van der Waals surface area contributed by atoms with Crippen LogP contribution in [0.15, 0.2) is 0 Å². The normalized spacial score (nSPS) is 39.9. The van der Waals surface area contributed by atoms with E-state index in [9.17, 15) is 9.90 Å². The van der Waals surface area contributed by atoms with E-state index < -0.39 is 5.97 Å². The van der Waals surface area contributed by atoms with Crippen LogP contribution in [0.5, 0.6) is 0 Å². The summed E-state index contributed by atoms with van der Waals surface area (Å²) < 4.78 is 12.4. The van der Waals surface area contributed by atoms with Crippen molar-refractivity contribution in [3.8, 4) is 0 Å². The third-order valence-electron chi connectivity index (χ3n) is 7.77. The minimum atomic E-state index is -0.656. The highest BCUT2D eigenvalue weighted by Gasteiger charge is 2.42. The smallest absolute Gasteiger partial charge is 0.306 e. The number of aliphatic carboxylic acids is 1. The van der Waals surface area contributed by atoms with Gasteiger partial charge in [-0.25, -0.2) is 0 Å². The SMILES string of the molecule is CC(O)CC[C@H]1CCC[C@@H]2C1CO[C@H](CCOC1CCC(C(=O)O)CC1)[C@@H]2C. The van der Waals surface area contributed by atoms with Crippen molar-refractivity contribution in [1.82, 2.24) is 0 Å². The predicted molar refractivity (Wildman–Crippen MR) is 108 cm³/mol. The van der Waals surface area contributed by atoms with Gasteiger partial charge in [-0.1, -0.05) is 19.8 Å². The molecule has 2 saturated carbocycles. The van der Waals surface area contributed by atoms with Crippen LogP contribution in [0.25, 0.3) is 0 Å². The van der Waals surface area contributed by atoms with E-state index in [-0.39, 0.29) is 24.2 Å². The molecule has 3 fully saturated rings. The van der Waals surface area contributed by atoms with E-state index in [4.69, 9.17) is 14.6 Å². The second-order valence-electron chi connectivity index (χ2n) is 9.65. The molecule has 0 aromatic rings. The van der Waals surface area contributed by atoms with Crippen LogP contribution in [0, 0.1) is 29.6 Å². The van der Waals surface area contributed by atoms with Gasteiger partial charge in [-0.2, -0.15) is 0 Å². The number of hydrogen-bond acceptors (Lipinski definition) is 4. The summed E-state index contributed by atoms with van der Waals surface area (Å²) in [6.45, 7) is 5.84. The van der Waals surface area contributed by atoms with Gasteiger partial charge in [0.1, 0.15) is 0 Å². The molecule has 162 valence electrons. The van der Waals surface area contributed by atoms with Gasteiger partial charge in [0.25, 0.3) is 0 Å². The van der Waals surface area contributed by atoms with Crippen LogP contribution in [-0.4, -0.2) is 47.7 Å². The fraction of sp³-hybridized carbons (Fsp3) is 0.957. The van der Waals surface area contributed by atoms with Crippen molar-refractivity contribution in [1.29, 1.82) is 0 Å². The van der Waals surface area contributed by atoms with Gasteiger partial charge >= 0.3 is 5.97 Å². The second kappa shape index (κ2) is 10.4. The van der Waals surface area contributed by atoms with Crippen LogP contribution < -0.4 is 0 Å². The number of fused-ring (bicyclic) bond motifs is 1. The maximum absolute atomic E-state index is 11.1. The molecule has 2 unspecified atom stereocenters. The molecule has 0 bridgehead atoms. The zero-order valence-electron chi connectivity index (χ0n) is 17.7. The summed E-state index contributed by atoms with van der Waals surface area (Å²) >= 11 is 0. The van der Waals surface area contributed by atoms with E-state index in [1.54, 1.807) is 0 Å². The molecular weight excluding hydrogens is 356 g/mol. The molecule has 5 heteroatoms. The van der Waals surface area contributed by atoms with Crippen LogP contribution in [0.1, 0.15) is 78.1 Å². The lowest BCUT2D eigenvalue weighted by atomic mass is 9.64. The summed E-state index contributed by atoms with van der Waals surface area (Å²) in [6, 6.07) is 0. The first-order valence-electron chi connectivity index (χ1n) is 11.6. The standard InChI is InChI=1S/C23H40O5/c1-15(24)6-7-17-4-3-5-20-16(2)22(28-14-21(17)20)12-13-27-19-10-8-18(9-11-19)23(25)26/h15-22,24H,3-14H2,1-2H3,(H,25,26)/t15?,16-,17-,18?,19?,20+,21?,22-/m1/s1. The van der Waals surface area contributed by atoms with Crippen LogP contribution >= 0.6 is 0 Å². The minimum absolute atomic E-state index is 0.174. The molecule has 0 radical (unpaired) electrons. The lowest BCUT2D eigenvalue weighted by Crippen LogP contribution is -2.46. The largest absolute Gasteiger partial charge is 0.481 e. The molecule has 5 nitrogen and oxygen atoms in total. The molecule has 0 aromatic heterocycles. The highest BCUT2D eigenvalue weighted by Crippen LogP contribution is 2.46. The summed E-state index contributed by atoms with van der Waals surface area (Å²) in [6.07, 6.45) is 10.4. The number of carboxylic acid groups (broad SMARTS) is 1. The zero-order chi connectivity index (χ0) is 20.1. The second-order valence-corrected chi connectivity index (χ2v) is 9.65. The van der Waals surface area contributed by atoms with Gasteiger partial charge in [0.05, 0.1) is 30.8 Å². The van der Waals surface area contributed by atoms with Crippen LogP contribution in [0.3, 0.4) is 0 Å². The van der Waals surface area contributed by atoms with Gasteiger partial charge in [-0.05, 0) is 82.0 Å². The third-order valence-corrected chi connectivity index (χ3v) is 7.77. The molecule has 2 N–H and O–H groups in total. The average Bonchev–Trinajstić information content (AvgIpc) is 2.68. The summed E-state index contributed by atoms with van der Waals surface area (Å²) in [5.74, 6) is 1.85. The molecular formula is C23H40O5. The molecule has 1 saturated heterocycles. The van der Waals surface area contributed by atoms with Crippen molar-refractivity contribution < 1.29 is 24.5 Å². The maximum Gasteiger partial charge on any atom is 0.306 e. The molecule has 0 amide bonds. The highest BCUT2D eigenvalue weighted by molar-refractivity contribution is 5.70. The zero-order valence-corrected chi connectivity index (χ0v) is 17.7. The van der Waals surface area contributed by atoms with Crippen LogP contribution in [0.2, 0.25) is 0 Å². The van der Waals surface area contributed by atoms with Gasteiger partial charge in [0, 0.05) is 6.61 Å². The monoisotopic (exact) mass is 396 g/mol. The molecule has 2 aliphatic carbocycles. The first-order valence-corrected chi connectivity index (χ1v) is 11.6. The molecule has 3 aliphatic rings. The minimum Gasteiger partial charge on any atom is -0.481 e. The van der Waals surface area contributed by atoms with E-state index in [0.717, 1.165) is 64.1 Å². The Morgan fingerprint density at radius 3 is 2.54 bits per heavy atom. The third kappa shape index (κ3) is 5.70. The molecule has 0 aromatic carbocycles. The molecule has 6 atom stereocenters. The van der Waals surface area contributed by atoms with Gasteiger partial charge in [-0.3, -0.25) is 4.79 Å². The maximum atomic E-state index is 11.1. The fourth-order valence-corrected chi connectivity index (χ4v) is 5.96. The van der Waals surface area contributed by atoms with E-state index in [1.165, 1.54) is 19.3 Å². The van der Waals surface area contributed by atoms with E-state index in [2.05, 4.69) is 6.92 Å². The Morgan fingerprint density at radius 2 is 1.86 bits per heavy atom. The molecule has 1 aliphatic heterocycles. The predicted octanol–water partition coefficient (Wildman–Crippen LogP) is 4.26. The number of ether oxygens (including phenoxy) is 2. The van der Waals surface area contributed by atoms with E-state index in [1.807, 2.05) is 6.92 Å². The number of carbonyl (C=O) groups is 1. The Bertz CT molecular complexity index is 485. The lowest BCUT2D eigenvalue weighted by Gasteiger charge is -2.48. The van der Waals surface area contributed by atoms with Crippen molar-refractivity contribution in [2.24, 2.45) is 29.6 Å². The summed E-state index contributed by atoms with van der Waals surface area (Å²) in [5.41, 5.74) is 0. The van der Waals surface area contributed by atoms with Crippen molar-refractivity contribution in [2.75, 3.05) is 13.2 Å². The first kappa shape index (κ1) is 22.0. The average molecular weight is 397 g/mol. The number of hydrogen-bond donors (Lipinski definition) is 2. The van der Waals surface area contributed by atoms with E-state index in [0.29, 0.717) is 17.8 Å². The van der Waals surface area contributed by atoms with Crippen LogP contribution in [-0.2, 0) is 14.3 Å². The number of carboxylic acids is 1. The van der Waals surface area contributed by atoms with Crippen molar-refractivity contribution in [3.63, 3.8) is 0 Å². The quantitative estimate of drug-likeness (QED) is 0.641. The summed E-state index contributed by atoms with van der Waals surface area (Å²) in [5, 5.41) is 18.7. The molecule has 0 spiro atoms. The van der Waals surface area contributed by atoms with Crippen molar-refractivity contribution >= 4 is 5.97 Å². The van der Waals surface area contributed by atoms with Crippen molar-refractivity contribution in [2.45, 2.75) is 96.4 Å². The van der Waals surface area contributed by atoms with Gasteiger partial charge in [0.2, 0.25) is 0 Å². The van der Waals surface area contributed by atoms with Gasteiger partial charge in [0.15, 0.2) is 0 Å². The van der Waals surface area contributed by atoms with Crippen LogP contribution in [0.4, 0.5) is 0 Å². The van der Waals surface area contributed by atoms with Crippen molar-refractivity contribution in [3.05, 3.63) is 0 Å². The summed E-state index contributed by atoms with van der Waals surface area (Å²) in [4.78, 5) is 11.1. The Balaban J connectivity index is 1.40. The Kier molecular flexibility index (Phi) is 8.19. The van der Waals surface area contributed by atoms with E-state index >= 15 is 0 Å². The Hall–Kier alpha value is -0.650. The lowest BCUT2D eigenvalue weighted by molar-refractivity contribution is -0.144. The topological polar surface area (TPSA) is 76.0 Å². The molecule has 1 heterocycles. The Labute approximate surface area is 170 Å². The number of aliphatic hydroxyl groups excluding tert-OH is 1. The number of aliphatic hydroxyl groups is 1.